The van der Waals surface area contributed by atoms with Crippen molar-refractivity contribution in [1.29, 1.82) is 0 Å². The number of ether oxygens (including phenoxy) is 4. The lowest BCUT2D eigenvalue weighted by atomic mass is 9.83. The Bertz CT molecular complexity index is 1600. The Morgan fingerprint density at radius 3 is 2.18 bits per heavy atom. The summed E-state index contributed by atoms with van der Waals surface area (Å²) in [5.41, 5.74) is 7.42. The minimum absolute atomic E-state index is 0.0245. The highest BCUT2D eigenvalue weighted by Crippen LogP contribution is 2.38. The van der Waals surface area contributed by atoms with Gasteiger partial charge in [-0.2, -0.15) is 0 Å². The van der Waals surface area contributed by atoms with Gasteiger partial charge in [0.05, 0.1) is 49.0 Å². The number of methoxy groups -OCH3 is 2. The minimum atomic E-state index is -0.953. The van der Waals surface area contributed by atoms with Gasteiger partial charge in [0.2, 0.25) is 0 Å². The first kappa shape index (κ1) is 26.7. The first-order chi connectivity index (χ1) is 18.3. The number of carbonyl (C=O) groups excluding carboxylic acids is 2. The molecule has 9 nitrogen and oxygen atoms in total. The summed E-state index contributed by atoms with van der Waals surface area (Å²) < 4.78 is 23.2. The van der Waals surface area contributed by atoms with Gasteiger partial charge in [0, 0.05) is 0 Å². The molecule has 1 unspecified atom stereocenters. The molecule has 10 heteroatoms. The van der Waals surface area contributed by atoms with Crippen LogP contribution in [-0.4, -0.2) is 43.9 Å². The van der Waals surface area contributed by atoms with E-state index in [2.05, 4.69) is 0 Å². The topological polar surface area (TPSA) is 119 Å². The van der Waals surface area contributed by atoms with E-state index in [0.29, 0.717) is 21.6 Å². The molecule has 198 valence electrons. The van der Waals surface area contributed by atoms with E-state index in [4.69, 9.17) is 24.7 Å². The molecule has 0 fully saturated rings. The summed E-state index contributed by atoms with van der Waals surface area (Å²) in [6.07, 6.45) is 1.68. The predicted octanol–water partition coefficient (Wildman–Crippen LogP) is 1.96. The van der Waals surface area contributed by atoms with Crippen molar-refractivity contribution in [3.8, 4) is 11.5 Å². The molecule has 3 aromatic rings. The number of fused-ring (bicyclic) bond motifs is 1. The first-order valence-electron chi connectivity index (χ1n) is 11.9. The van der Waals surface area contributed by atoms with Crippen molar-refractivity contribution >= 4 is 40.7 Å². The molecule has 0 bridgehead atoms. The molecule has 1 aliphatic heterocycles. The Kier molecular flexibility index (Phi) is 8.02. The molecule has 1 aromatic heterocycles. The molecule has 1 atom stereocenters. The maximum absolute atomic E-state index is 13.6. The number of hydrogen-bond acceptors (Lipinski definition) is 9. The lowest BCUT2D eigenvalue weighted by Gasteiger charge is -2.27. The van der Waals surface area contributed by atoms with E-state index < -0.39 is 23.4 Å². The third-order valence-corrected chi connectivity index (χ3v) is 7.07. The zero-order chi connectivity index (χ0) is 27.4. The highest BCUT2D eigenvalue weighted by Gasteiger charge is 2.40. The number of benzene rings is 2. The summed E-state index contributed by atoms with van der Waals surface area (Å²) in [5, 5.41) is 0. The third-order valence-electron chi connectivity index (χ3n) is 5.96. The summed E-state index contributed by atoms with van der Waals surface area (Å²) in [5.74, 6) is -1.31. The van der Waals surface area contributed by atoms with Crippen molar-refractivity contribution in [2.45, 2.75) is 19.8 Å². The molecule has 2 N–H and O–H groups in total. The SMILES string of the molecule is CCOC(=O)C1=C(N)n2c(s/c(=C/c3cccc(OC)c3)c2=O)=C(C(=O)OCC)C1c1cccc(OC)c1. The van der Waals surface area contributed by atoms with Crippen LogP contribution in [0.3, 0.4) is 0 Å². The van der Waals surface area contributed by atoms with Gasteiger partial charge in [0.1, 0.15) is 22.0 Å². The molecule has 4 rings (SSSR count). The lowest BCUT2D eigenvalue weighted by molar-refractivity contribution is -0.138. The fourth-order valence-corrected chi connectivity index (χ4v) is 5.47. The molecule has 0 radical (unpaired) electrons. The van der Waals surface area contributed by atoms with Crippen LogP contribution in [0.5, 0.6) is 11.5 Å². The van der Waals surface area contributed by atoms with Gasteiger partial charge < -0.3 is 24.7 Å². The van der Waals surface area contributed by atoms with Crippen LogP contribution in [-0.2, 0) is 19.1 Å². The highest BCUT2D eigenvalue weighted by molar-refractivity contribution is 7.07. The maximum Gasteiger partial charge on any atom is 0.338 e. The van der Waals surface area contributed by atoms with Crippen LogP contribution < -0.4 is 30.0 Å². The number of nitrogens with two attached hydrogens (primary N) is 1. The van der Waals surface area contributed by atoms with Gasteiger partial charge in [-0.3, -0.25) is 9.36 Å². The van der Waals surface area contributed by atoms with Crippen LogP contribution in [0.4, 0.5) is 0 Å². The molecule has 0 saturated heterocycles. The van der Waals surface area contributed by atoms with Crippen molar-refractivity contribution in [1.82, 2.24) is 4.57 Å². The molecule has 0 amide bonds. The number of hydrogen-bond donors (Lipinski definition) is 1. The van der Waals surface area contributed by atoms with E-state index >= 15 is 0 Å². The van der Waals surface area contributed by atoms with E-state index in [1.165, 1.54) is 11.7 Å². The number of rotatable bonds is 8. The number of aromatic nitrogens is 1. The number of esters is 2. The van der Waals surface area contributed by atoms with Crippen LogP contribution in [0.15, 0.2) is 58.9 Å². The van der Waals surface area contributed by atoms with Gasteiger partial charge in [0.25, 0.3) is 5.56 Å². The number of thiazole rings is 1. The molecular weight excluding hydrogens is 508 g/mol. The molecule has 2 heterocycles. The van der Waals surface area contributed by atoms with Gasteiger partial charge in [-0.15, -0.1) is 11.3 Å². The highest BCUT2D eigenvalue weighted by atomic mass is 32.1. The van der Waals surface area contributed by atoms with Gasteiger partial charge in [-0.25, -0.2) is 9.59 Å². The zero-order valence-corrected chi connectivity index (χ0v) is 22.3. The third kappa shape index (κ3) is 4.95. The molecule has 0 spiro atoms. The molecule has 0 saturated carbocycles. The van der Waals surface area contributed by atoms with Crippen LogP contribution in [0, 0.1) is 0 Å². The predicted molar refractivity (Wildman–Crippen MR) is 144 cm³/mol. The fraction of sp³-hybridized carbons (Fsp3) is 0.250. The van der Waals surface area contributed by atoms with Crippen molar-refractivity contribution in [2.24, 2.45) is 5.73 Å². The fourth-order valence-electron chi connectivity index (χ4n) is 4.30. The zero-order valence-electron chi connectivity index (χ0n) is 21.5. The summed E-state index contributed by atoms with van der Waals surface area (Å²) in [6.45, 7) is 3.52. The molecule has 0 aliphatic carbocycles. The summed E-state index contributed by atoms with van der Waals surface area (Å²) >= 11 is 1.09. The van der Waals surface area contributed by atoms with Crippen LogP contribution in [0.1, 0.15) is 30.9 Å². The Morgan fingerprint density at radius 1 is 0.947 bits per heavy atom. The molecular formula is C28H28N2O7S. The van der Waals surface area contributed by atoms with E-state index in [0.717, 1.165) is 16.9 Å². The summed E-state index contributed by atoms with van der Waals surface area (Å²) in [6, 6.07) is 14.2. The lowest BCUT2D eigenvalue weighted by Crippen LogP contribution is -2.42. The maximum atomic E-state index is 13.6. The Balaban J connectivity index is 2.11. The molecule has 2 aromatic carbocycles. The Morgan fingerprint density at radius 2 is 1.55 bits per heavy atom. The smallest absolute Gasteiger partial charge is 0.338 e. The van der Waals surface area contributed by atoms with E-state index in [1.54, 1.807) is 69.5 Å². The van der Waals surface area contributed by atoms with E-state index in [1.807, 2.05) is 6.07 Å². The summed E-state index contributed by atoms with van der Waals surface area (Å²) in [4.78, 5) is 40.4. The average molecular weight is 537 g/mol. The second-order valence-electron chi connectivity index (χ2n) is 8.20. The number of nitrogens with zero attached hydrogens (tertiary/aromatic N) is 1. The van der Waals surface area contributed by atoms with Crippen LogP contribution in [0.2, 0.25) is 0 Å². The van der Waals surface area contributed by atoms with Gasteiger partial charge in [0.15, 0.2) is 0 Å². The molecule has 38 heavy (non-hydrogen) atoms. The summed E-state index contributed by atoms with van der Waals surface area (Å²) in [7, 11) is 3.07. The first-order valence-corrected chi connectivity index (χ1v) is 12.8. The second kappa shape index (κ2) is 11.4. The molecule has 1 aliphatic rings. The monoisotopic (exact) mass is 536 g/mol. The number of carbonyl (C=O) groups is 2. The largest absolute Gasteiger partial charge is 0.497 e. The van der Waals surface area contributed by atoms with Gasteiger partial charge in [-0.05, 0) is 55.3 Å². The van der Waals surface area contributed by atoms with Gasteiger partial charge >= 0.3 is 11.9 Å². The minimum Gasteiger partial charge on any atom is -0.497 e. The second-order valence-corrected chi connectivity index (χ2v) is 9.23. The standard InChI is InChI=1S/C28H28N2O7S/c1-5-36-27(32)22-21(17-10-8-12-19(15-17)35-4)23(28(33)37-6-2)26-30(24(22)29)25(31)20(38-26)14-16-9-7-11-18(13-16)34-3/h7-15,21H,5-6,29H2,1-4H3/b20-14+. The normalized spacial score (nSPS) is 15.2. The van der Waals surface area contributed by atoms with E-state index in [9.17, 15) is 14.4 Å². The quantitative estimate of drug-likeness (QED) is 0.434. The average Bonchev–Trinajstić information content (AvgIpc) is 3.24. The van der Waals surface area contributed by atoms with Crippen molar-refractivity contribution in [3.05, 3.63) is 84.8 Å². The van der Waals surface area contributed by atoms with Crippen molar-refractivity contribution < 1.29 is 28.5 Å². The van der Waals surface area contributed by atoms with Gasteiger partial charge in [-0.1, -0.05) is 24.3 Å². The Hall–Kier alpha value is -4.31. The van der Waals surface area contributed by atoms with Crippen molar-refractivity contribution in [3.63, 3.8) is 0 Å². The van der Waals surface area contributed by atoms with Crippen molar-refractivity contribution in [2.75, 3.05) is 27.4 Å². The van der Waals surface area contributed by atoms with Crippen LogP contribution >= 0.6 is 11.3 Å². The van der Waals surface area contributed by atoms with Crippen LogP contribution in [0.25, 0.3) is 17.5 Å². The Labute approximate surface area is 223 Å². The van der Waals surface area contributed by atoms with E-state index in [-0.39, 0.29) is 34.8 Å².